The molecule has 0 aliphatic carbocycles. The topological polar surface area (TPSA) is 76.7 Å². The van der Waals surface area contributed by atoms with Crippen molar-refractivity contribution in [3.05, 3.63) is 94.3 Å². The van der Waals surface area contributed by atoms with Crippen molar-refractivity contribution in [1.82, 2.24) is 24.1 Å². The van der Waals surface area contributed by atoms with Crippen LogP contribution in [0.4, 0.5) is 8.78 Å². The normalized spacial score (nSPS) is 14.0. The predicted octanol–water partition coefficient (Wildman–Crippen LogP) is 6.06. The summed E-state index contributed by atoms with van der Waals surface area (Å²) in [6.45, 7) is 3.79. The highest BCUT2D eigenvalue weighted by molar-refractivity contribution is 7.13. The van der Waals surface area contributed by atoms with Gasteiger partial charge < -0.3 is 5.11 Å². The standard InChI is InChI=1S/C26H23F2N5OS2/c1-3-17-10-23(35-12-17)18-4-6-19(7-5-18)24-31-25(36-32-24)16(2)26(34,13-33-15-29-14-30-33)21-9-8-20(27)11-22(21)28/h4-12,14-16,34H,3,13H2,1-2H3/t16-,26+/m0/s1. The summed E-state index contributed by atoms with van der Waals surface area (Å²) in [6, 6.07) is 13.4. The quantitative estimate of drug-likeness (QED) is 0.268. The fourth-order valence-electron chi connectivity index (χ4n) is 4.09. The molecule has 3 heterocycles. The molecule has 0 bridgehead atoms. The molecule has 5 aromatic rings. The van der Waals surface area contributed by atoms with Gasteiger partial charge in [0.15, 0.2) is 5.82 Å². The van der Waals surface area contributed by atoms with Crippen molar-refractivity contribution in [2.75, 3.05) is 0 Å². The molecule has 0 aliphatic rings. The first-order chi connectivity index (χ1) is 17.4. The molecule has 0 saturated heterocycles. The van der Waals surface area contributed by atoms with Crippen molar-refractivity contribution >= 4 is 22.9 Å². The zero-order valence-corrected chi connectivity index (χ0v) is 21.2. The summed E-state index contributed by atoms with van der Waals surface area (Å²) in [6.07, 6.45) is 3.77. The van der Waals surface area contributed by atoms with Crippen LogP contribution in [0.25, 0.3) is 21.8 Å². The summed E-state index contributed by atoms with van der Waals surface area (Å²) in [4.78, 5) is 9.79. The monoisotopic (exact) mass is 523 g/mol. The highest BCUT2D eigenvalue weighted by Gasteiger charge is 2.41. The molecule has 0 amide bonds. The summed E-state index contributed by atoms with van der Waals surface area (Å²) in [7, 11) is 0. The van der Waals surface area contributed by atoms with Gasteiger partial charge in [0.05, 0.1) is 6.54 Å². The summed E-state index contributed by atoms with van der Waals surface area (Å²) in [5, 5.41) is 18.6. The molecule has 2 aromatic carbocycles. The van der Waals surface area contributed by atoms with E-state index < -0.39 is 23.2 Å². The number of aromatic nitrogens is 5. The molecule has 0 aliphatic heterocycles. The Morgan fingerprint density at radius 1 is 1.08 bits per heavy atom. The molecular formula is C26H23F2N5OS2. The number of hydrogen-bond donors (Lipinski definition) is 1. The maximum absolute atomic E-state index is 14.8. The van der Waals surface area contributed by atoms with Gasteiger partial charge in [-0.05, 0) is 46.6 Å². The predicted molar refractivity (Wildman–Crippen MR) is 137 cm³/mol. The van der Waals surface area contributed by atoms with E-state index in [1.807, 2.05) is 24.3 Å². The van der Waals surface area contributed by atoms with E-state index >= 15 is 0 Å². The van der Waals surface area contributed by atoms with Crippen molar-refractivity contribution in [1.29, 1.82) is 0 Å². The number of aliphatic hydroxyl groups is 1. The van der Waals surface area contributed by atoms with Gasteiger partial charge in [0, 0.05) is 28.0 Å². The minimum atomic E-state index is -1.78. The fraction of sp³-hybridized carbons (Fsp3) is 0.231. The Balaban J connectivity index is 1.45. The van der Waals surface area contributed by atoms with Crippen LogP contribution in [-0.4, -0.2) is 29.2 Å². The first-order valence-corrected chi connectivity index (χ1v) is 13.0. The van der Waals surface area contributed by atoms with Crippen LogP contribution < -0.4 is 0 Å². The zero-order valence-electron chi connectivity index (χ0n) is 19.6. The minimum absolute atomic E-state index is 0.0459. The molecule has 1 N–H and O–H groups in total. The molecule has 10 heteroatoms. The largest absolute Gasteiger partial charge is 0.382 e. The highest BCUT2D eigenvalue weighted by Crippen LogP contribution is 2.41. The third kappa shape index (κ3) is 4.71. The Kier molecular flexibility index (Phi) is 6.74. The summed E-state index contributed by atoms with van der Waals surface area (Å²) in [5.41, 5.74) is 1.46. The van der Waals surface area contributed by atoms with Crippen LogP contribution in [0.3, 0.4) is 0 Å². The average molecular weight is 524 g/mol. The molecule has 2 atom stereocenters. The molecule has 6 nitrogen and oxygen atoms in total. The first-order valence-electron chi connectivity index (χ1n) is 11.4. The van der Waals surface area contributed by atoms with Crippen molar-refractivity contribution in [3.63, 3.8) is 0 Å². The van der Waals surface area contributed by atoms with Gasteiger partial charge in [0.25, 0.3) is 0 Å². The Hall–Kier alpha value is -3.34. The Morgan fingerprint density at radius 3 is 2.53 bits per heavy atom. The van der Waals surface area contributed by atoms with Crippen LogP contribution >= 0.6 is 22.9 Å². The van der Waals surface area contributed by atoms with Crippen LogP contribution in [0.2, 0.25) is 0 Å². The molecule has 5 rings (SSSR count). The number of hydrogen-bond acceptors (Lipinski definition) is 7. The second-order valence-electron chi connectivity index (χ2n) is 8.57. The highest BCUT2D eigenvalue weighted by atomic mass is 32.1. The van der Waals surface area contributed by atoms with Crippen molar-refractivity contribution < 1.29 is 13.9 Å². The fourth-order valence-corrected chi connectivity index (χ4v) is 5.90. The van der Waals surface area contributed by atoms with E-state index in [0.29, 0.717) is 10.8 Å². The number of nitrogens with zero attached hydrogens (tertiary/aromatic N) is 5. The van der Waals surface area contributed by atoms with E-state index in [0.717, 1.165) is 41.2 Å². The molecule has 0 radical (unpaired) electrons. The van der Waals surface area contributed by atoms with Gasteiger partial charge in [-0.25, -0.2) is 23.4 Å². The number of benzene rings is 2. The average Bonchev–Trinajstić information content (AvgIpc) is 3.65. The minimum Gasteiger partial charge on any atom is -0.382 e. The smallest absolute Gasteiger partial charge is 0.173 e. The van der Waals surface area contributed by atoms with Gasteiger partial charge >= 0.3 is 0 Å². The molecule has 0 spiro atoms. The lowest BCUT2D eigenvalue weighted by Gasteiger charge is -2.33. The molecule has 0 saturated carbocycles. The van der Waals surface area contributed by atoms with E-state index in [-0.39, 0.29) is 12.1 Å². The van der Waals surface area contributed by atoms with E-state index in [2.05, 4.69) is 37.8 Å². The lowest BCUT2D eigenvalue weighted by Crippen LogP contribution is -2.38. The van der Waals surface area contributed by atoms with Crippen LogP contribution in [0, 0.1) is 11.6 Å². The second-order valence-corrected chi connectivity index (χ2v) is 10.3. The second kappa shape index (κ2) is 9.96. The lowest BCUT2D eigenvalue weighted by atomic mass is 9.82. The van der Waals surface area contributed by atoms with Gasteiger partial charge in [0.1, 0.15) is 34.9 Å². The van der Waals surface area contributed by atoms with Gasteiger partial charge in [-0.1, -0.05) is 44.2 Å². The molecule has 184 valence electrons. The van der Waals surface area contributed by atoms with Crippen molar-refractivity contribution in [2.45, 2.75) is 38.3 Å². The SMILES string of the molecule is CCc1csc(-c2ccc(-c3nsc([C@H](C)[C@](O)(Cn4cncn4)c4ccc(F)cc4F)n3)cc2)c1. The van der Waals surface area contributed by atoms with E-state index in [4.69, 9.17) is 0 Å². The third-order valence-corrected chi connectivity index (χ3v) is 8.21. The third-order valence-electron chi connectivity index (χ3n) is 6.29. The van der Waals surface area contributed by atoms with Crippen LogP contribution in [-0.2, 0) is 18.6 Å². The van der Waals surface area contributed by atoms with Gasteiger partial charge in [-0.2, -0.15) is 9.47 Å². The van der Waals surface area contributed by atoms with E-state index in [9.17, 15) is 13.9 Å². The Bertz CT molecular complexity index is 1470. The molecule has 0 unspecified atom stereocenters. The van der Waals surface area contributed by atoms with Gasteiger partial charge in [-0.3, -0.25) is 0 Å². The summed E-state index contributed by atoms with van der Waals surface area (Å²) >= 11 is 2.86. The van der Waals surface area contributed by atoms with Crippen molar-refractivity contribution in [2.24, 2.45) is 0 Å². The molecule has 36 heavy (non-hydrogen) atoms. The van der Waals surface area contributed by atoms with Gasteiger partial charge in [-0.15, -0.1) is 11.3 Å². The van der Waals surface area contributed by atoms with Gasteiger partial charge in [0.2, 0.25) is 0 Å². The summed E-state index contributed by atoms with van der Waals surface area (Å²) in [5.74, 6) is -1.71. The van der Waals surface area contributed by atoms with Crippen LogP contribution in [0.1, 0.15) is 35.9 Å². The van der Waals surface area contributed by atoms with Crippen LogP contribution in [0.5, 0.6) is 0 Å². The zero-order chi connectivity index (χ0) is 25.3. The molecule has 3 aromatic heterocycles. The maximum Gasteiger partial charge on any atom is 0.173 e. The summed E-state index contributed by atoms with van der Waals surface area (Å²) < 4.78 is 34.4. The van der Waals surface area contributed by atoms with E-state index in [1.54, 1.807) is 18.3 Å². The molecular weight excluding hydrogens is 500 g/mol. The maximum atomic E-state index is 14.8. The van der Waals surface area contributed by atoms with Crippen molar-refractivity contribution in [3.8, 4) is 21.8 Å². The number of rotatable bonds is 8. The number of thiophene rings is 1. The first kappa shape index (κ1) is 24.4. The number of halogens is 2. The lowest BCUT2D eigenvalue weighted by molar-refractivity contribution is -0.0112. The number of aryl methyl sites for hydroxylation is 1. The van der Waals surface area contributed by atoms with E-state index in [1.165, 1.54) is 33.8 Å². The Labute approximate surface area is 215 Å². The van der Waals surface area contributed by atoms with Crippen LogP contribution in [0.15, 0.2) is 66.6 Å². The molecule has 0 fully saturated rings. The Morgan fingerprint density at radius 2 is 1.86 bits per heavy atom.